The summed E-state index contributed by atoms with van der Waals surface area (Å²) in [6.45, 7) is 4.37. The predicted molar refractivity (Wildman–Crippen MR) is 85.4 cm³/mol. The molecule has 0 aliphatic heterocycles. The number of aliphatic imine (C=N–C) groups is 1. The van der Waals surface area contributed by atoms with Gasteiger partial charge in [0.05, 0.1) is 6.04 Å². The molecule has 1 unspecified atom stereocenters. The lowest BCUT2D eigenvalue weighted by Crippen LogP contribution is -2.45. The van der Waals surface area contributed by atoms with E-state index in [-0.39, 0.29) is 11.9 Å². The lowest BCUT2D eigenvalue weighted by atomic mass is 10.1. The number of nitrogens with two attached hydrogens (primary N) is 5. The number of amides is 1. The Kier molecular flexibility index (Phi) is 11.5. The topological polar surface area (TPSA) is 175 Å². The van der Waals surface area contributed by atoms with Gasteiger partial charge in [0.1, 0.15) is 0 Å². The summed E-state index contributed by atoms with van der Waals surface area (Å²) in [4.78, 5) is 17.7. The van der Waals surface area contributed by atoms with Crippen LogP contribution in [0.25, 0.3) is 0 Å². The van der Waals surface area contributed by atoms with Crippen molar-refractivity contribution in [1.29, 1.82) is 0 Å². The number of rotatable bonds is 12. The maximum Gasteiger partial charge on any atom is 0.236 e. The van der Waals surface area contributed by atoms with Crippen LogP contribution >= 0.6 is 0 Å². The number of nitrogens with zero attached hydrogens (tertiary/aromatic N) is 2. The molecule has 0 aromatic rings. The maximum atomic E-state index is 11.8. The van der Waals surface area contributed by atoms with Crippen LogP contribution in [0.2, 0.25) is 0 Å². The van der Waals surface area contributed by atoms with Crippen molar-refractivity contribution in [2.75, 3.05) is 45.8 Å². The summed E-state index contributed by atoms with van der Waals surface area (Å²) < 4.78 is 0. The van der Waals surface area contributed by atoms with Crippen LogP contribution in [0.3, 0.4) is 0 Å². The summed E-state index contributed by atoms with van der Waals surface area (Å²) >= 11 is 0. The molecule has 0 aliphatic carbocycles. The molecule has 0 saturated heterocycles. The van der Waals surface area contributed by atoms with E-state index in [0.29, 0.717) is 45.6 Å². The third kappa shape index (κ3) is 11.0. The summed E-state index contributed by atoms with van der Waals surface area (Å²) in [5, 5.41) is 2.81. The first kappa shape index (κ1) is 19.6. The Hall–Kier alpha value is -1.42. The van der Waals surface area contributed by atoms with Crippen LogP contribution in [0, 0.1) is 0 Å². The Bertz CT molecular complexity index is 300. The summed E-state index contributed by atoms with van der Waals surface area (Å²) in [6, 6.07) is -0.545. The van der Waals surface area contributed by atoms with Gasteiger partial charge in [-0.1, -0.05) is 0 Å². The molecular weight excluding hydrogens is 272 g/mol. The van der Waals surface area contributed by atoms with E-state index < -0.39 is 6.04 Å². The molecule has 9 nitrogen and oxygen atoms in total. The normalized spacial score (nSPS) is 12.2. The second-order valence-corrected chi connectivity index (χ2v) is 4.77. The van der Waals surface area contributed by atoms with Crippen LogP contribution in [0.4, 0.5) is 0 Å². The molecule has 0 heterocycles. The van der Waals surface area contributed by atoms with E-state index in [0.717, 1.165) is 13.1 Å². The van der Waals surface area contributed by atoms with Crippen molar-refractivity contribution >= 4 is 11.9 Å². The molecule has 0 aliphatic rings. The lowest BCUT2D eigenvalue weighted by Gasteiger charge is -2.21. The molecule has 1 atom stereocenters. The molecule has 0 bridgehead atoms. The fourth-order valence-electron chi connectivity index (χ4n) is 1.82. The van der Waals surface area contributed by atoms with Gasteiger partial charge < -0.3 is 34.0 Å². The van der Waals surface area contributed by atoms with E-state index >= 15 is 0 Å². The van der Waals surface area contributed by atoms with Crippen LogP contribution in [0.15, 0.2) is 4.99 Å². The van der Waals surface area contributed by atoms with Crippen molar-refractivity contribution in [2.24, 2.45) is 33.7 Å². The number of nitrogens with one attached hydrogen (secondary N) is 1. The van der Waals surface area contributed by atoms with Crippen molar-refractivity contribution in [2.45, 2.75) is 18.9 Å². The van der Waals surface area contributed by atoms with Crippen molar-refractivity contribution in [3.05, 3.63) is 0 Å². The van der Waals surface area contributed by atoms with E-state index in [4.69, 9.17) is 28.7 Å². The number of hydrogen-bond acceptors (Lipinski definition) is 6. The van der Waals surface area contributed by atoms with E-state index in [2.05, 4.69) is 15.2 Å². The van der Waals surface area contributed by atoms with Crippen molar-refractivity contribution < 1.29 is 4.79 Å². The monoisotopic (exact) mass is 302 g/mol. The zero-order chi connectivity index (χ0) is 16.1. The highest BCUT2D eigenvalue weighted by Gasteiger charge is 2.12. The molecule has 0 fully saturated rings. The molecule has 0 aromatic heterocycles. The summed E-state index contributed by atoms with van der Waals surface area (Å²) in [5.74, 6) is -0.118. The first-order valence-electron chi connectivity index (χ1n) is 7.22. The van der Waals surface area contributed by atoms with Gasteiger partial charge in [0.15, 0.2) is 5.96 Å². The van der Waals surface area contributed by atoms with E-state index in [9.17, 15) is 4.79 Å². The van der Waals surface area contributed by atoms with Gasteiger partial charge in [-0.3, -0.25) is 14.7 Å². The SMILES string of the molecule is NCCN(CCN)CCNC(=O)C(N)CCCN=C(N)N. The van der Waals surface area contributed by atoms with Crippen molar-refractivity contribution in [1.82, 2.24) is 10.2 Å². The van der Waals surface area contributed by atoms with Gasteiger partial charge in [0, 0.05) is 45.8 Å². The average molecular weight is 302 g/mol. The molecule has 0 spiro atoms. The molecule has 11 N–H and O–H groups in total. The van der Waals surface area contributed by atoms with Crippen LogP contribution < -0.4 is 34.0 Å². The molecule has 9 heteroatoms. The van der Waals surface area contributed by atoms with Gasteiger partial charge in [0.2, 0.25) is 5.91 Å². The minimum absolute atomic E-state index is 0.0490. The highest BCUT2D eigenvalue weighted by molar-refractivity contribution is 5.81. The summed E-state index contributed by atoms with van der Waals surface area (Å²) in [5.41, 5.74) is 27.2. The minimum Gasteiger partial charge on any atom is -0.370 e. The summed E-state index contributed by atoms with van der Waals surface area (Å²) in [6.07, 6.45) is 1.21. The van der Waals surface area contributed by atoms with Crippen LogP contribution in [-0.4, -0.2) is 68.6 Å². The van der Waals surface area contributed by atoms with E-state index in [1.807, 2.05) is 0 Å². The second kappa shape index (κ2) is 12.3. The summed E-state index contributed by atoms with van der Waals surface area (Å²) in [7, 11) is 0. The molecule has 0 saturated carbocycles. The van der Waals surface area contributed by atoms with Gasteiger partial charge in [-0.2, -0.15) is 0 Å². The Morgan fingerprint density at radius 1 is 1.14 bits per heavy atom. The molecule has 21 heavy (non-hydrogen) atoms. The predicted octanol–water partition coefficient (Wildman–Crippen LogP) is -3.30. The molecule has 0 aromatic carbocycles. The lowest BCUT2D eigenvalue weighted by molar-refractivity contribution is -0.122. The van der Waals surface area contributed by atoms with Crippen LogP contribution in [0.1, 0.15) is 12.8 Å². The fraction of sp³-hybridized carbons (Fsp3) is 0.833. The molecule has 0 radical (unpaired) electrons. The first-order valence-corrected chi connectivity index (χ1v) is 7.22. The average Bonchev–Trinajstić information content (AvgIpc) is 2.43. The number of carbonyl (C=O) groups is 1. The maximum absolute atomic E-state index is 11.8. The Morgan fingerprint density at radius 2 is 1.76 bits per heavy atom. The van der Waals surface area contributed by atoms with Gasteiger partial charge in [-0.05, 0) is 12.8 Å². The van der Waals surface area contributed by atoms with Gasteiger partial charge >= 0.3 is 0 Å². The van der Waals surface area contributed by atoms with Crippen LogP contribution in [-0.2, 0) is 4.79 Å². The molecule has 124 valence electrons. The zero-order valence-corrected chi connectivity index (χ0v) is 12.6. The van der Waals surface area contributed by atoms with Gasteiger partial charge in [0.25, 0.3) is 0 Å². The molecule has 1 amide bonds. The Morgan fingerprint density at radius 3 is 2.29 bits per heavy atom. The van der Waals surface area contributed by atoms with Crippen molar-refractivity contribution in [3.63, 3.8) is 0 Å². The van der Waals surface area contributed by atoms with E-state index in [1.54, 1.807) is 0 Å². The second-order valence-electron chi connectivity index (χ2n) is 4.77. The quantitative estimate of drug-likeness (QED) is 0.124. The third-order valence-corrected chi connectivity index (χ3v) is 2.92. The third-order valence-electron chi connectivity index (χ3n) is 2.92. The van der Waals surface area contributed by atoms with Gasteiger partial charge in [-0.25, -0.2) is 0 Å². The Balaban J connectivity index is 3.83. The van der Waals surface area contributed by atoms with Crippen LogP contribution in [0.5, 0.6) is 0 Å². The first-order chi connectivity index (χ1) is 10.0. The zero-order valence-electron chi connectivity index (χ0n) is 12.6. The fourth-order valence-corrected chi connectivity index (χ4v) is 1.82. The standard InChI is InChI=1S/C12H30N8O/c13-3-7-20(8-4-14)9-6-18-11(21)10(15)2-1-5-19-12(16)17/h10H,1-9,13-15H2,(H,18,21)(H4,16,17,19). The minimum atomic E-state index is -0.545. The number of hydrogen-bond donors (Lipinski definition) is 6. The van der Waals surface area contributed by atoms with E-state index in [1.165, 1.54) is 0 Å². The van der Waals surface area contributed by atoms with Crippen molar-refractivity contribution in [3.8, 4) is 0 Å². The largest absolute Gasteiger partial charge is 0.370 e. The number of carbonyl (C=O) groups excluding carboxylic acids is 1. The Labute approximate surface area is 126 Å². The van der Waals surface area contributed by atoms with Gasteiger partial charge in [-0.15, -0.1) is 0 Å². The highest BCUT2D eigenvalue weighted by Crippen LogP contribution is 1.95. The number of guanidine groups is 1. The smallest absolute Gasteiger partial charge is 0.236 e. The molecule has 0 rings (SSSR count). The highest BCUT2D eigenvalue weighted by atomic mass is 16.2. The molecular formula is C12H30N8O.